The van der Waals surface area contributed by atoms with E-state index < -0.39 is 18.4 Å². The number of hydrogen-bond acceptors (Lipinski definition) is 8. The average molecular weight is 339 g/mol. The second kappa shape index (κ2) is 6.32. The average Bonchev–Trinajstić information content (AvgIpc) is 3.03. The van der Waals surface area contributed by atoms with Crippen molar-refractivity contribution in [2.24, 2.45) is 4.99 Å². The molecule has 2 N–H and O–H groups in total. The lowest BCUT2D eigenvalue weighted by molar-refractivity contribution is -0.0437. The molecule has 23 heavy (non-hydrogen) atoms. The number of aliphatic hydroxyl groups is 2. The van der Waals surface area contributed by atoms with Gasteiger partial charge in [0.15, 0.2) is 5.65 Å². The number of aromatic nitrogens is 3. The molecule has 0 spiro atoms. The van der Waals surface area contributed by atoms with Gasteiger partial charge in [-0.05, 0) is 0 Å². The number of aliphatic hydroxyl groups excluding tert-OH is 2. The van der Waals surface area contributed by atoms with Crippen LogP contribution in [0, 0.1) is 0 Å². The van der Waals surface area contributed by atoms with Crippen molar-refractivity contribution < 1.29 is 14.9 Å². The molecule has 0 bridgehead atoms. The Morgan fingerprint density at radius 3 is 3.04 bits per heavy atom. The molecule has 0 aromatic carbocycles. The zero-order valence-electron chi connectivity index (χ0n) is 12.7. The van der Waals surface area contributed by atoms with E-state index in [1.165, 1.54) is 4.57 Å². The van der Waals surface area contributed by atoms with E-state index in [4.69, 9.17) is 4.74 Å². The Morgan fingerprint density at radius 2 is 2.39 bits per heavy atom. The van der Waals surface area contributed by atoms with Crippen LogP contribution in [0.3, 0.4) is 0 Å². The van der Waals surface area contributed by atoms with E-state index in [9.17, 15) is 15.0 Å². The lowest BCUT2D eigenvalue weighted by Crippen LogP contribution is -2.24. The molecule has 0 aliphatic carbocycles. The van der Waals surface area contributed by atoms with Crippen LogP contribution in [0.2, 0.25) is 0 Å². The highest BCUT2D eigenvalue weighted by Crippen LogP contribution is 2.31. The summed E-state index contributed by atoms with van der Waals surface area (Å²) in [6.07, 6.45) is 1.14. The first-order valence-corrected chi connectivity index (χ1v) is 7.84. The fourth-order valence-electron chi connectivity index (χ4n) is 2.35. The van der Waals surface area contributed by atoms with Crippen LogP contribution in [0.15, 0.2) is 16.0 Å². The Morgan fingerprint density at radius 1 is 1.61 bits per heavy atom. The molecule has 1 fully saturated rings. The summed E-state index contributed by atoms with van der Waals surface area (Å²) in [6, 6.07) is 0. The van der Waals surface area contributed by atoms with Gasteiger partial charge in [0, 0.05) is 20.5 Å². The van der Waals surface area contributed by atoms with E-state index in [0.29, 0.717) is 10.3 Å². The molecule has 1 saturated heterocycles. The minimum atomic E-state index is -0.820. The highest BCUT2D eigenvalue weighted by Gasteiger charge is 2.36. The number of rotatable bonds is 4. The van der Waals surface area contributed by atoms with Crippen LogP contribution in [-0.2, 0) is 4.74 Å². The van der Waals surface area contributed by atoms with E-state index >= 15 is 0 Å². The van der Waals surface area contributed by atoms with Crippen LogP contribution in [0.5, 0.6) is 0 Å². The van der Waals surface area contributed by atoms with Crippen molar-refractivity contribution in [1.29, 1.82) is 0 Å². The van der Waals surface area contributed by atoms with Gasteiger partial charge >= 0.3 is 4.87 Å². The minimum absolute atomic E-state index is 0.220. The third-order valence-corrected chi connectivity index (χ3v) is 4.30. The molecular weight excluding hydrogens is 322 g/mol. The first kappa shape index (κ1) is 16.0. The number of hydrogen-bond donors (Lipinski definition) is 2. The van der Waals surface area contributed by atoms with Gasteiger partial charge in [0.2, 0.25) is 0 Å². The van der Waals surface area contributed by atoms with E-state index in [2.05, 4.69) is 15.0 Å². The Balaban J connectivity index is 2.01. The standard InChI is InChI=1S/C13H17N5O4S/c1-17(2)6-15-12-14-4-9-11(16-12)18(13(21)23-9)10-3-7(20)8(5-19)22-10/h4,6-8,10,19-20H,3,5H2,1-2H3/t7-,8-,10-/m1/s1. The van der Waals surface area contributed by atoms with Crippen LogP contribution < -0.4 is 4.87 Å². The smallest absolute Gasteiger partial charge is 0.311 e. The maximum absolute atomic E-state index is 12.2. The molecule has 0 saturated carbocycles. The van der Waals surface area contributed by atoms with Crippen molar-refractivity contribution in [2.45, 2.75) is 24.9 Å². The highest BCUT2D eigenvalue weighted by molar-refractivity contribution is 7.16. The minimum Gasteiger partial charge on any atom is -0.394 e. The van der Waals surface area contributed by atoms with Gasteiger partial charge in [-0.25, -0.2) is 9.98 Å². The molecule has 2 aromatic rings. The van der Waals surface area contributed by atoms with Crippen LogP contribution >= 0.6 is 11.3 Å². The van der Waals surface area contributed by atoms with Crippen molar-refractivity contribution in [1.82, 2.24) is 19.4 Å². The number of nitrogens with zero attached hydrogens (tertiary/aromatic N) is 5. The van der Waals surface area contributed by atoms with E-state index in [0.717, 1.165) is 11.3 Å². The van der Waals surface area contributed by atoms with Crippen LogP contribution in [0.25, 0.3) is 10.3 Å². The van der Waals surface area contributed by atoms with Crippen LogP contribution in [0.4, 0.5) is 5.95 Å². The molecule has 1 aliphatic heterocycles. The SMILES string of the molecule is CN(C)C=Nc1ncc2sc(=O)n([C@H]3C[C@@H](O)[C@@H](CO)O3)c2n1. The fraction of sp³-hybridized carbons (Fsp3) is 0.538. The van der Waals surface area contributed by atoms with Gasteiger partial charge in [-0.2, -0.15) is 4.98 Å². The van der Waals surface area contributed by atoms with Gasteiger partial charge in [-0.15, -0.1) is 0 Å². The molecular formula is C13H17N5O4S. The lowest BCUT2D eigenvalue weighted by Gasteiger charge is -2.13. The van der Waals surface area contributed by atoms with Crippen LogP contribution in [0.1, 0.15) is 12.6 Å². The predicted octanol–water partition coefficient (Wildman–Crippen LogP) is -0.285. The normalized spacial score (nSPS) is 24.8. The summed E-state index contributed by atoms with van der Waals surface area (Å²) in [4.78, 5) is 26.3. The van der Waals surface area contributed by atoms with Gasteiger partial charge in [-0.3, -0.25) is 9.36 Å². The number of fused-ring (bicyclic) bond motifs is 1. The van der Waals surface area contributed by atoms with Gasteiger partial charge in [-0.1, -0.05) is 11.3 Å². The number of ether oxygens (including phenoxy) is 1. The lowest BCUT2D eigenvalue weighted by atomic mass is 10.2. The molecule has 3 heterocycles. The zero-order valence-corrected chi connectivity index (χ0v) is 13.5. The highest BCUT2D eigenvalue weighted by atomic mass is 32.1. The Hall–Kier alpha value is -1.88. The number of aliphatic imine (C=N–C) groups is 1. The second-order valence-corrected chi connectivity index (χ2v) is 6.41. The summed E-state index contributed by atoms with van der Waals surface area (Å²) in [5, 5.41) is 19.0. The first-order valence-electron chi connectivity index (χ1n) is 7.02. The Labute approximate surface area is 135 Å². The summed E-state index contributed by atoms with van der Waals surface area (Å²) >= 11 is 1.00. The molecule has 0 unspecified atom stereocenters. The van der Waals surface area contributed by atoms with Gasteiger partial charge in [0.25, 0.3) is 5.95 Å². The summed E-state index contributed by atoms with van der Waals surface area (Å²) in [6.45, 7) is -0.304. The summed E-state index contributed by atoms with van der Waals surface area (Å²) in [5.41, 5.74) is 0.414. The van der Waals surface area contributed by atoms with Gasteiger partial charge in [0.1, 0.15) is 12.3 Å². The molecule has 3 rings (SSSR count). The third kappa shape index (κ3) is 3.11. The van der Waals surface area contributed by atoms with Crippen molar-refractivity contribution in [3.63, 3.8) is 0 Å². The van der Waals surface area contributed by atoms with Crippen LogP contribution in [-0.4, -0.2) is 68.9 Å². The van der Waals surface area contributed by atoms with Crippen molar-refractivity contribution in [3.8, 4) is 0 Å². The van der Waals surface area contributed by atoms with E-state index in [1.54, 1.807) is 17.4 Å². The summed E-state index contributed by atoms with van der Waals surface area (Å²) < 4.78 is 7.56. The van der Waals surface area contributed by atoms with Gasteiger partial charge in [0.05, 0.1) is 29.9 Å². The summed E-state index contributed by atoms with van der Waals surface area (Å²) in [7, 11) is 3.65. The van der Waals surface area contributed by atoms with E-state index in [-0.39, 0.29) is 23.8 Å². The number of thiazole rings is 1. The molecule has 1 aliphatic rings. The van der Waals surface area contributed by atoms with E-state index in [1.807, 2.05) is 14.1 Å². The Kier molecular flexibility index (Phi) is 4.39. The molecule has 0 amide bonds. The fourth-order valence-corrected chi connectivity index (χ4v) is 3.18. The largest absolute Gasteiger partial charge is 0.394 e. The molecule has 3 atom stereocenters. The monoisotopic (exact) mass is 339 g/mol. The molecule has 10 heteroatoms. The molecule has 9 nitrogen and oxygen atoms in total. The third-order valence-electron chi connectivity index (χ3n) is 3.42. The maximum atomic E-state index is 12.2. The molecule has 124 valence electrons. The topological polar surface area (TPSA) is 113 Å². The van der Waals surface area contributed by atoms with Crippen molar-refractivity contribution in [3.05, 3.63) is 15.9 Å². The van der Waals surface area contributed by atoms with Crippen molar-refractivity contribution >= 4 is 34.0 Å². The first-order chi connectivity index (χ1) is 11.0. The molecule has 0 radical (unpaired) electrons. The maximum Gasteiger partial charge on any atom is 0.311 e. The zero-order chi connectivity index (χ0) is 16.6. The predicted molar refractivity (Wildman–Crippen MR) is 85.1 cm³/mol. The van der Waals surface area contributed by atoms with Crippen molar-refractivity contribution in [2.75, 3.05) is 20.7 Å². The Bertz CT molecular complexity index is 786. The quantitative estimate of drug-likeness (QED) is 0.581. The van der Waals surface area contributed by atoms with Gasteiger partial charge < -0.3 is 19.8 Å². The second-order valence-electron chi connectivity index (χ2n) is 5.42. The summed E-state index contributed by atoms with van der Waals surface area (Å²) in [5.74, 6) is 0.231. The molecule has 2 aromatic heterocycles.